The summed E-state index contributed by atoms with van der Waals surface area (Å²) in [5, 5.41) is 0. The van der Waals surface area contributed by atoms with Crippen molar-refractivity contribution in [3.8, 4) is 0 Å². The molecule has 0 atom stereocenters. The first-order valence-electron chi connectivity index (χ1n) is 8.42. The Hall–Kier alpha value is -1.55. The number of benzene rings is 1. The van der Waals surface area contributed by atoms with E-state index in [4.69, 9.17) is 4.74 Å². The van der Waals surface area contributed by atoms with Crippen LogP contribution in [0.1, 0.15) is 32.3 Å². The first kappa shape index (κ1) is 15.3. The van der Waals surface area contributed by atoms with Crippen molar-refractivity contribution in [1.82, 2.24) is 4.90 Å². The third-order valence-electron chi connectivity index (χ3n) is 5.10. The summed E-state index contributed by atoms with van der Waals surface area (Å²) in [4.78, 5) is 16.2. The van der Waals surface area contributed by atoms with Gasteiger partial charge < -0.3 is 14.5 Å². The van der Waals surface area contributed by atoms with E-state index < -0.39 is 0 Å². The summed E-state index contributed by atoms with van der Waals surface area (Å²) in [6, 6.07) is 8.67. The number of carbonyl (C=O) groups excluding carboxylic acids is 1. The van der Waals surface area contributed by atoms with Gasteiger partial charge in [0.05, 0.1) is 5.60 Å². The van der Waals surface area contributed by atoms with E-state index in [9.17, 15) is 4.79 Å². The molecule has 0 bridgehead atoms. The van der Waals surface area contributed by atoms with Gasteiger partial charge in [-0.25, -0.2) is 0 Å². The highest BCUT2D eigenvalue weighted by molar-refractivity contribution is 5.78. The molecule has 0 radical (unpaired) electrons. The van der Waals surface area contributed by atoms with Crippen LogP contribution >= 0.6 is 0 Å². The van der Waals surface area contributed by atoms with Crippen molar-refractivity contribution in [3.05, 3.63) is 29.8 Å². The summed E-state index contributed by atoms with van der Waals surface area (Å²) >= 11 is 0. The highest BCUT2D eigenvalue weighted by Gasteiger charge is 2.41. The molecule has 1 amide bonds. The number of amides is 1. The first-order chi connectivity index (χ1) is 10.7. The van der Waals surface area contributed by atoms with Gasteiger partial charge in [0.25, 0.3) is 0 Å². The summed E-state index contributed by atoms with van der Waals surface area (Å²) in [7, 11) is 0. The first-order valence-corrected chi connectivity index (χ1v) is 8.42. The molecule has 1 aromatic carbocycles. The van der Waals surface area contributed by atoms with Crippen molar-refractivity contribution in [3.63, 3.8) is 0 Å². The molecule has 0 unspecified atom stereocenters. The zero-order valence-corrected chi connectivity index (χ0v) is 13.7. The Morgan fingerprint density at radius 1 is 1.18 bits per heavy atom. The molecule has 2 heterocycles. The summed E-state index contributed by atoms with van der Waals surface area (Å²) in [6.07, 6.45) is 3.05. The van der Waals surface area contributed by atoms with Gasteiger partial charge >= 0.3 is 0 Å². The molecule has 2 saturated heterocycles. The second-order valence-corrected chi connectivity index (χ2v) is 6.35. The van der Waals surface area contributed by atoms with Crippen LogP contribution in [0.15, 0.2) is 24.3 Å². The molecule has 4 heteroatoms. The number of anilines is 1. The van der Waals surface area contributed by atoms with Crippen molar-refractivity contribution in [2.24, 2.45) is 0 Å². The smallest absolute Gasteiger partial charge is 0.248 e. The molecule has 3 rings (SSSR count). The number of morpholine rings is 1. The SMILES string of the molecule is CCc1ccccc1N1CCC2(CC1)CN(CC)C(=O)CO2. The molecule has 22 heavy (non-hydrogen) atoms. The van der Waals surface area contributed by atoms with E-state index >= 15 is 0 Å². The normalized spacial score (nSPS) is 21.5. The number of hydrogen-bond donors (Lipinski definition) is 0. The minimum Gasteiger partial charge on any atom is -0.371 e. The minimum atomic E-state index is -0.123. The molecule has 2 fully saturated rings. The maximum atomic E-state index is 11.8. The minimum absolute atomic E-state index is 0.123. The van der Waals surface area contributed by atoms with Gasteiger partial charge in [-0.05, 0) is 37.8 Å². The largest absolute Gasteiger partial charge is 0.371 e. The van der Waals surface area contributed by atoms with E-state index in [0.29, 0.717) is 0 Å². The molecule has 120 valence electrons. The number of likely N-dealkylation sites (N-methyl/N-ethyl adjacent to an activating group) is 1. The van der Waals surface area contributed by atoms with E-state index in [-0.39, 0.29) is 18.1 Å². The second-order valence-electron chi connectivity index (χ2n) is 6.35. The fourth-order valence-electron chi connectivity index (χ4n) is 3.65. The average Bonchev–Trinajstić information content (AvgIpc) is 2.58. The van der Waals surface area contributed by atoms with Gasteiger partial charge in [0.15, 0.2) is 0 Å². The van der Waals surface area contributed by atoms with Crippen LogP contribution in [0, 0.1) is 0 Å². The maximum absolute atomic E-state index is 11.8. The zero-order valence-electron chi connectivity index (χ0n) is 13.7. The lowest BCUT2D eigenvalue weighted by Gasteiger charge is -2.47. The molecular formula is C18H26N2O2. The zero-order chi connectivity index (χ0) is 15.6. The van der Waals surface area contributed by atoms with Gasteiger partial charge in [0.2, 0.25) is 5.91 Å². The molecular weight excluding hydrogens is 276 g/mol. The number of para-hydroxylation sites is 1. The lowest BCUT2D eigenvalue weighted by Crippen LogP contribution is -2.58. The molecule has 1 spiro atoms. The summed E-state index contributed by atoms with van der Waals surface area (Å²) in [5.41, 5.74) is 2.65. The van der Waals surface area contributed by atoms with Crippen LogP contribution in [0.3, 0.4) is 0 Å². The molecule has 2 aliphatic rings. The van der Waals surface area contributed by atoms with Crippen LogP contribution in [0.5, 0.6) is 0 Å². The van der Waals surface area contributed by atoms with Gasteiger partial charge in [0.1, 0.15) is 6.61 Å². The van der Waals surface area contributed by atoms with Crippen molar-refractivity contribution < 1.29 is 9.53 Å². The van der Waals surface area contributed by atoms with E-state index in [1.165, 1.54) is 11.3 Å². The number of piperidine rings is 1. The third kappa shape index (κ3) is 2.84. The average molecular weight is 302 g/mol. The Morgan fingerprint density at radius 2 is 1.91 bits per heavy atom. The van der Waals surface area contributed by atoms with Crippen LogP contribution in [0.4, 0.5) is 5.69 Å². The molecule has 0 saturated carbocycles. The van der Waals surface area contributed by atoms with Gasteiger partial charge in [-0.2, -0.15) is 0 Å². The fourth-order valence-corrected chi connectivity index (χ4v) is 3.65. The molecule has 0 aliphatic carbocycles. The molecule has 2 aliphatic heterocycles. The quantitative estimate of drug-likeness (QED) is 0.860. The van der Waals surface area contributed by atoms with Crippen molar-refractivity contribution in [2.75, 3.05) is 37.7 Å². The van der Waals surface area contributed by atoms with Crippen molar-refractivity contribution >= 4 is 11.6 Å². The Kier molecular flexibility index (Phi) is 4.39. The fraction of sp³-hybridized carbons (Fsp3) is 0.611. The summed E-state index contributed by atoms with van der Waals surface area (Å²) < 4.78 is 5.97. The number of carbonyl (C=O) groups is 1. The number of ether oxygens (including phenoxy) is 1. The molecule has 0 N–H and O–H groups in total. The third-order valence-corrected chi connectivity index (χ3v) is 5.10. The number of aryl methyl sites for hydroxylation is 1. The Labute approximate surface area is 133 Å². The van der Waals surface area contributed by atoms with Crippen LogP contribution in [-0.4, -0.2) is 49.2 Å². The van der Waals surface area contributed by atoms with Crippen LogP contribution in [0.25, 0.3) is 0 Å². The lowest BCUT2D eigenvalue weighted by molar-refractivity contribution is -0.166. The Morgan fingerprint density at radius 3 is 2.59 bits per heavy atom. The van der Waals surface area contributed by atoms with Crippen LogP contribution in [0.2, 0.25) is 0 Å². The van der Waals surface area contributed by atoms with Crippen molar-refractivity contribution in [2.45, 2.75) is 38.7 Å². The summed E-state index contributed by atoms with van der Waals surface area (Å²) in [6.45, 7) is 8.05. The molecule has 4 nitrogen and oxygen atoms in total. The van der Waals surface area contributed by atoms with E-state index in [1.54, 1.807) is 0 Å². The Bertz CT molecular complexity index is 536. The second kappa shape index (κ2) is 6.29. The summed E-state index contributed by atoms with van der Waals surface area (Å²) in [5.74, 6) is 0.131. The van der Waals surface area contributed by atoms with Gasteiger partial charge in [-0.3, -0.25) is 4.79 Å². The Balaban J connectivity index is 1.69. The highest BCUT2D eigenvalue weighted by Crippen LogP contribution is 2.33. The lowest BCUT2D eigenvalue weighted by atomic mass is 9.88. The highest BCUT2D eigenvalue weighted by atomic mass is 16.5. The monoisotopic (exact) mass is 302 g/mol. The maximum Gasteiger partial charge on any atom is 0.248 e. The van der Waals surface area contributed by atoms with Gasteiger partial charge in [-0.15, -0.1) is 0 Å². The van der Waals surface area contributed by atoms with Gasteiger partial charge in [0, 0.05) is 31.9 Å². The predicted molar refractivity (Wildman–Crippen MR) is 88.2 cm³/mol. The predicted octanol–water partition coefficient (Wildman–Crippen LogP) is 2.47. The molecule has 0 aromatic heterocycles. The standard InChI is InChI=1S/C18H26N2O2/c1-3-15-7-5-6-8-16(15)20-11-9-18(10-12-20)14-19(4-2)17(21)13-22-18/h5-8H,3-4,9-14H2,1-2H3. The molecule has 1 aromatic rings. The van der Waals surface area contributed by atoms with Crippen LogP contribution in [-0.2, 0) is 16.0 Å². The van der Waals surface area contributed by atoms with Crippen molar-refractivity contribution in [1.29, 1.82) is 0 Å². The van der Waals surface area contributed by atoms with E-state index in [0.717, 1.165) is 45.4 Å². The van der Waals surface area contributed by atoms with Gasteiger partial charge in [-0.1, -0.05) is 25.1 Å². The van der Waals surface area contributed by atoms with E-state index in [1.807, 2.05) is 11.8 Å². The number of nitrogens with zero attached hydrogens (tertiary/aromatic N) is 2. The number of hydrogen-bond acceptors (Lipinski definition) is 3. The van der Waals surface area contributed by atoms with E-state index in [2.05, 4.69) is 36.1 Å². The van der Waals surface area contributed by atoms with Crippen LogP contribution < -0.4 is 4.90 Å². The number of rotatable bonds is 3. The topological polar surface area (TPSA) is 32.8 Å².